The molecule has 29 heavy (non-hydrogen) atoms. The summed E-state index contributed by atoms with van der Waals surface area (Å²) >= 11 is 0. The van der Waals surface area contributed by atoms with Crippen LogP contribution in [0.15, 0.2) is 71.3 Å². The second-order valence-electron chi connectivity index (χ2n) is 6.10. The van der Waals surface area contributed by atoms with Crippen molar-refractivity contribution < 1.29 is 23.5 Å². The summed E-state index contributed by atoms with van der Waals surface area (Å²) in [7, 11) is 0. The molecule has 7 nitrogen and oxygen atoms in total. The molecule has 0 saturated heterocycles. The van der Waals surface area contributed by atoms with Crippen LogP contribution in [0.4, 0.5) is 5.69 Å². The molecule has 0 radical (unpaired) electrons. The molecule has 1 heterocycles. The maximum absolute atomic E-state index is 12.5. The first-order chi connectivity index (χ1) is 14.2. The Hall–Kier alpha value is -3.74. The Morgan fingerprint density at radius 1 is 0.931 bits per heavy atom. The third kappa shape index (κ3) is 5.87. The molecule has 2 amide bonds. The molecular weight excluding hydrogens is 372 g/mol. The Labute approximate surface area is 168 Å². The van der Waals surface area contributed by atoms with Gasteiger partial charge in [-0.2, -0.15) is 0 Å². The molecule has 1 aromatic heterocycles. The summed E-state index contributed by atoms with van der Waals surface area (Å²) in [4.78, 5) is 24.0. The summed E-state index contributed by atoms with van der Waals surface area (Å²) in [5, 5.41) is 5.43. The molecule has 0 atom stereocenters. The number of rotatable bonds is 9. The van der Waals surface area contributed by atoms with Gasteiger partial charge in [0.25, 0.3) is 11.8 Å². The van der Waals surface area contributed by atoms with Gasteiger partial charge in [-0.25, -0.2) is 0 Å². The van der Waals surface area contributed by atoms with Gasteiger partial charge in [0.15, 0.2) is 12.4 Å². The van der Waals surface area contributed by atoms with Crippen LogP contribution in [0.1, 0.15) is 23.0 Å². The maximum atomic E-state index is 12.5. The Bertz CT molecular complexity index is 935. The first kappa shape index (κ1) is 20.0. The number of nitrogens with one attached hydrogen (secondary N) is 2. The van der Waals surface area contributed by atoms with E-state index in [-0.39, 0.29) is 30.8 Å². The summed E-state index contributed by atoms with van der Waals surface area (Å²) in [5.41, 5.74) is 1.22. The van der Waals surface area contributed by atoms with Crippen LogP contribution in [0, 0.1) is 0 Å². The molecule has 150 valence electrons. The minimum Gasteiger partial charge on any atom is -0.489 e. The minimum absolute atomic E-state index is 0.0588. The molecular formula is C22H22N2O5. The van der Waals surface area contributed by atoms with Crippen molar-refractivity contribution in [1.82, 2.24) is 5.32 Å². The molecule has 0 aliphatic rings. The summed E-state index contributed by atoms with van der Waals surface area (Å²) < 4.78 is 16.4. The number of amides is 2. The van der Waals surface area contributed by atoms with E-state index in [1.165, 1.54) is 6.26 Å². The zero-order chi connectivity index (χ0) is 20.5. The normalized spacial score (nSPS) is 10.2. The van der Waals surface area contributed by atoms with Gasteiger partial charge >= 0.3 is 0 Å². The Morgan fingerprint density at radius 3 is 2.38 bits per heavy atom. The van der Waals surface area contributed by atoms with Crippen molar-refractivity contribution >= 4 is 17.5 Å². The molecule has 0 fully saturated rings. The summed E-state index contributed by atoms with van der Waals surface area (Å²) in [6.45, 7) is 2.55. The highest BCUT2D eigenvalue weighted by Gasteiger charge is 2.16. The van der Waals surface area contributed by atoms with Gasteiger partial charge < -0.3 is 24.5 Å². The summed E-state index contributed by atoms with van der Waals surface area (Å²) in [6.07, 6.45) is 1.46. The van der Waals surface area contributed by atoms with E-state index in [4.69, 9.17) is 13.9 Å². The predicted molar refractivity (Wildman–Crippen MR) is 108 cm³/mol. The van der Waals surface area contributed by atoms with Gasteiger partial charge in [0.1, 0.15) is 18.1 Å². The first-order valence-corrected chi connectivity index (χ1v) is 9.21. The highest BCUT2D eigenvalue weighted by molar-refractivity contribution is 6.03. The van der Waals surface area contributed by atoms with Crippen LogP contribution in [0.5, 0.6) is 11.5 Å². The molecule has 0 spiro atoms. The quantitative estimate of drug-likeness (QED) is 0.579. The van der Waals surface area contributed by atoms with Crippen molar-refractivity contribution in [1.29, 1.82) is 0 Å². The predicted octanol–water partition coefficient (Wildman–Crippen LogP) is 3.63. The standard InChI is InChI=1S/C22H22N2O5/c1-2-23-20(25)15-29-19-10-8-17(9-11-19)24-22(26)21-16(12-13-27-21)14-28-18-6-4-3-5-7-18/h3-13H,2,14-15H2,1H3,(H,23,25)(H,24,26). The number of anilines is 1. The molecule has 3 aromatic rings. The molecule has 0 bridgehead atoms. The Kier molecular flexibility index (Phi) is 6.89. The van der Waals surface area contributed by atoms with E-state index in [0.29, 0.717) is 29.3 Å². The van der Waals surface area contributed by atoms with E-state index < -0.39 is 0 Å². The first-order valence-electron chi connectivity index (χ1n) is 9.21. The van der Waals surface area contributed by atoms with Crippen LogP contribution in [-0.2, 0) is 11.4 Å². The van der Waals surface area contributed by atoms with E-state index in [0.717, 1.165) is 0 Å². The molecule has 2 N–H and O–H groups in total. The van der Waals surface area contributed by atoms with E-state index in [1.807, 2.05) is 37.3 Å². The van der Waals surface area contributed by atoms with Crippen molar-refractivity contribution in [2.24, 2.45) is 0 Å². The minimum atomic E-state index is -0.377. The number of carbonyl (C=O) groups excluding carboxylic acids is 2. The van der Waals surface area contributed by atoms with Crippen molar-refractivity contribution in [2.45, 2.75) is 13.5 Å². The van der Waals surface area contributed by atoms with Gasteiger partial charge in [-0.3, -0.25) is 9.59 Å². The Balaban J connectivity index is 1.55. The monoisotopic (exact) mass is 394 g/mol. The van der Waals surface area contributed by atoms with Crippen LogP contribution < -0.4 is 20.1 Å². The van der Waals surface area contributed by atoms with E-state index in [9.17, 15) is 9.59 Å². The average molecular weight is 394 g/mol. The zero-order valence-electron chi connectivity index (χ0n) is 16.0. The molecule has 3 rings (SSSR count). The van der Waals surface area contributed by atoms with Crippen LogP contribution in [0.3, 0.4) is 0 Å². The molecule has 0 saturated carbocycles. The van der Waals surface area contributed by atoms with E-state index in [2.05, 4.69) is 10.6 Å². The lowest BCUT2D eigenvalue weighted by atomic mass is 10.2. The largest absolute Gasteiger partial charge is 0.489 e. The van der Waals surface area contributed by atoms with E-state index >= 15 is 0 Å². The Morgan fingerprint density at radius 2 is 1.66 bits per heavy atom. The SMILES string of the molecule is CCNC(=O)COc1ccc(NC(=O)c2occc2COc2ccccc2)cc1. The second-order valence-corrected chi connectivity index (χ2v) is 6.10. The second kappa shape index (κ2) is 9.98. The number of furan rings is 1. The molecule has 0 aliphatic carbocycles. The average Bonchev–Trinajstić information content (AvgIpc) is 3.21. The molecule has 7 heteroatoms. The van der Waals surface area contributed by atoms with Crippen LogP contribution in [-0.4, -0.2) is 25.0 Å². The van der Waals surface area contributed by atoms with Crippen molar-refractivity contribution in [3.63, 3.8) is 0 Å². The lowest BCUT2D eigenvalue weighted by Crippen LogP contribution is -2.28. The highest BCUT2D eigenvalue weighted by atomic mass is 16.5. The van der Waals surface area contributed by atoms with Gasteiger partial charge in [-0.05, 0) is 49.4 Å². The molecule has 0 aliphatic heterocycles. The fourth-order valence-corrected chi connectivity index (χ4v) is 2.55. The number of hydrogen-bond donors (Lipinski definition) is 2. The summed E-state index contributed by atoms with van der Waals surface area (Å²) in [5.74, 6) is 0.871. The lowest BCUT2D eigenvalue weighted by Gasteiger charge is -2.09. The van der Waals surface area contributed by atoms with Gasteiger partial charge in [0.05, 0.1) is 6.26 Å². The number of para-hydroxylation sites is 1. The van der Waals surface area contributed by atoms with Crippen molar-refractivity contribution in [2.75, 3.05) is 18.5 Å². The fourth-order valence-electron chi connectivity index (χ4n) is 2.55. The summed E-state index contributed by atoms with van der Waals surface area (Å²) in [6, 6.07) is 17.8. The van der Waals surface area contributed by atoms with Gasteiger partial charge in [0.2, 0.25) is 0 Å². The van der Waals surface area contributed by atoms with Crippen molar-refractivity contribution in [3.8, 4) is 11.5 Å². The number of ether oxygens (including phenoxy) is 2. The van der Waals surface area contributed by atoms with Gasteiger partial charge in [-0.15, -0.1) is 0 Å². The molecule has 2 aromatic carbocycles. The topological polar surface area (TPSA) is 89.8 Å². The van der Waals surface area contributed by atoms with E-state index in [1.54, 1.807) is 30.3 Å². The third-order valence-electron chi connectivity index (χ3n) is 3.95. The molecule has 0 unspecified atom stereocenters. The van der Waals surface area contributed by atoms with Crippen LogP contribution >= 0.6 is 0 Å². The lowest BCUT2D eigenvalue weighted by molar-refractivity contribution is -0.122. The van der Waals surface area contributed by atoms with Crippen molar-refractivity contribution in [3.05, 3.63) is 78.3 Å². The number of likely N-dealkylation sites (N-methyl/N-ethyl adjacent to an activating group) is 1. The smallest absolute Gasteiger partial charge is 0.291 e. The fraction of sp³-hybridized carbons (Fsp3) is 0.182. The number of hydrogen-bond acceptors (Lipinski definition) is 5. The van der Waals surface area contributed by atoms with Gasteiger partial charge in [0, 0.05) is 17.8 Å². The number of benzene rings is 2. The van der Waals surface area contributed by atoms with Gasteiger partial charge in [-0.1, -0.05) is 18.2 Å². The van der Waals surface area contributed by atoms with Crippen LogP contribution in [0.25, 0.3) is 0 Å². The van der Waals surface area contributed by atoms with Crippen LogP contribution in [0.2, 0.25) is 0 Å². The highest BCUT2D eigenvalue weighted by Crippen LogP contribution is 2.19. The maximum Gasteiger partial charge on any atom is 0.291 e. The zero-order valence-corrected chi connectivity index (χ0v) is 16.0. The third-order valence-corrected chi connectivity index (χ3v) is 3.95. The number of carbonyl (C=O) groups is 2.